The second kappa shape index (κ2) is 7.14. The van der Waals surface area contributed by atoms with Gasteiger partial charge >= 0.3 is 0 Å². The van der Waals surface area contributed by atoms with Gasteiger partial charge in [0.2, 0.25) is 10.0 Å². The molecular weight excluding hydrogens is 341 g/mol. The van der Waals surface area contributed by atoms with Crippen LogP contribution in [0.15, 0.2) is 41.3 Å². The van der Waals surface area contributed by atoms with Crippen molar-refractivity contribution in [2.24, 2.45) is 0 Å². The van der Waals surface area contributed by atoms with E-state index in [1.807, 2.05) is 6.07 Å². The molecule has 0 radical (unpaired) electrons. The molecule has 0 saturated carbocycles. The van der Waals surface area contributed by atoms with Gasteiger partial charge in [-0.25, -0.2) is 12.8 Å². The number of aryl methyl sites for hydroxylation is 2. The first-order valence-corrected chi connectivity index (χ1v) is 9.84. The quantitative estimate of drug-likeness (QED) is 0.789. The van der Waals surface area contributed by atoms with Crippen molar-refractivity contribution >= 4 is 10.0 Å². The normalized spacial score (nSPS) is 13.9. The zero-order valence-corrected chi connectivity index (χ0v) is 15.3. The molecule has 0 N–H and O–H groups in total. The van der Waals surface area contributed by atoms with E-state index in [9.17, 15) is 12.8 Å². The van der Waals surface area contributed by atoms with Crippen LogP contribution in [0.1, 0.15) is 30.0 Å². The third-order valence-electron chi connectivity index (χ3n) is 4.64. The molecule has 0 unspecified atom stereocenters. The third kappa shape index (κ3) is 3.55. The minimum Gasteiger partial charge on any atom is -0.494 e. The molecule has 0 aliphatic heterocycles. The molecule has 2 aromatic rings. The van der Waals surface area contributed by atoms with Gasteiger partial charge in [0.15, 0.2) is 11.6 Å². The minimum atomic E-state index is -3.62. The van der Waals surface area contributed by atoms with Crippen LogP contribution in [0, 0.1) is 5.82 Å². The molecule has 2 aromatic carbocycles. The van der Waals surface area contributed by atoms with E-state index in [-0.39, 0.29) is 12.3 Å². The maximum absolute atomic E-state index is 13.9. The largest absolute Gasteiger partial charge is 0.494 e. The minimum absolute atomic E-state index is 0.122. The van der Waals surface area contributed by atoms with Gasteiger partial charge in [-0.3, -0.25) is 0 Å². The van der Waals surface area contributed by atoms with Crippen molar-refractivity contribution in [1.82, 2.24) is 4.31 Å². The average Bonchev–Trinajstić information content (AvgIpc) is 3.07. The van der Waals surface area contributed by atoms with Crippen LogP contribution >= 0.6 is 0 Å². The summed E-state index contributed by atoms with van der Waals surface area (Å²) in [6.45, 7) is 2.22. The highest BCUT2D eigenvalue weighted by Gasteiger charge is 2.25. The summed E-state index contributed by atoms with van der Waals surface area (Å²) in [5.74, 6) is -0.348. The van der Waals surface area contributed by atoms with Gasteiger partial charge in [-0.05, 0) is 60.2 Å². The lowest BCUT2D eigenvalue weighted by molar-refractivity contribution is 0.384. The van der Waals surface area contributed by atoms with E-state index in [0.717, 1.165) is 24.8 Å². The van der Waals surface area contributed by atoms with Crippen LogP contribution in [-0.2, 0) is 29.4 Å². The van der Waals surface area contributed by atoms with Crippen LogP contribution in [0.3, 0.4) is 0 Å². The SMILES string of the molecule is CCN(Cc1ccc(OC)c(F)c1)S(=O)(=O)c1ccc2c(c1)CCC2. The lowest BCUT2D eigenvalue weighted by Crippen LogP contribution is -2.30. The van der Waals surface area contributed by atoms with Gasteiger partial charge in [0, 0.05) is 13.1 Å². The maximum atomic E-state index is 13.9. The molecule has 0 atom stereocenters. The summed E-state index contributed by atoms with van der Waals surface area (Å²) in [4.78, 5) is 0.309. The molecular formula is C19H22FNO3S. The summed E-state index contributed by atoms with van der Waals surface area (Å²) in [6.07, 6.45) is 3.01. The Hall–Kier alpha value is -1.92. The van der Waals surface area contributed by atoms with E-state index in [1.165, 1.54) is 29.1 Å². The number of ether oxygens (including phenoxy) is 1. The predicted octanol–water partition coefficient (Wildman–Crippen LogP) is 3.53. The zero-order chi connectivity index (χ0) is 18.0. The Kier molecular flexibility index (Phi) is 5.11. The van der Waals surface area contributed by atoms with Crippen molar-refractivity contribution in [2.75, 3.05) is 13.7 Å². The summed E-state index contributed by atoms with van der Waals surface area (Å²) in [5.41, 5.74) is 2.94. The van der Waals surface area contributed by atoms with Gasteiger partial charge in [0.25, 0.3) is 0 Å². The van der Waals surface area contributed by atoms with Crippen molar-refractivity contribution in [3.05, 3.63) is 58.9 Å². The number of fused-ring (bicyclic) bond motifs is 1. The maximum Gasteiger partial charge on any atom is 0.243 e. The second-order valence-corrected chi connectivity index (χ2v) is 8.12. The van der Waals surface area contributed by atoms with Crippen molar-refractivity contribution in [3.8, 4) is 5.75 Å². The molecule has 1 aliphatic carbocycles. The summed E-state index contributed by atoms with van der Waals surface area (Å²) in [7, 11) is -2.22. The lowest BCUT2D eigenvalue weighted by atomic mass is 10.1. The van der Waals surface area contributed by atoms with Crippen LogP contribution in [0.25, 0.3) is 0 Å². The van der Waals surface area contributed by atoms with E-state index in [0.29, 0.717) is 17.0 Å². The number of nitrogens with zero attached hydrogens (tertiary/aromatic N) is 1. The fourth-order valence-corrected chi connectivity index (χ4v) is 4.72. The van der Waals surface area contributed by atoms with Crippen molar-refractivity contribution in [3.63, 3.8) is 0 Å². The van der Waals surface area contributed by atoms with Gasteiger partial charge in [0.1, 0.15) is 0 Å². The summed E-state index contributed by atoms with van der Waals surface area (Å²) < 4.78 is 46.1. The van der Waals surface area contributed by atoms with Crippen molar-refractivity contribution in [2.45, 2.75) is 37.6 Å². The van der Waals surface area contributed by atoms with Crippen LogP contribution in [0.2, 0.25) is 0 Å². The Bertz CT molecular complexity index is 880. The van der Waals surface area contributed by atoms with E-state index < -0.39 is 15.8 Å². The molecule has 0 spiro atoms. The van der Waals surface area contributed by atoms with Gasteiger partial charge in [-0.15, -0.1) is 0 Å². The predicted molar refractivity (Wildman–Crippen MR) is 94.7 cm³/mol. The Labute approximate surface area is 148 Å². The lowest BCUT2D eigenvalue weighted by Gasteiger charge is -2.21. The monoisotopic (exact) mass is 363 g/mol. The Morgan fingerprint density at radius 2 is 1.88 bits per heavy atom. The summed E-state index contributed by atoms with van der Waals surface area (Å²) in [6, 6.07) is 9.89. The number of sulfonamides is 1. The van der Waals surface area contributed by atoms with E-state index in [2.05, 4.69) is 0 Å². The molecule has 6 heteroatoms. The average molecular weight is 363 g/mol. The fraction of sp³-hybridized carbons (Fsp3) is 0.368. The van der Waals surface area contributed by atoms with Crippen molar-refractivity contribution < 1.29 is 17.5 Å². The van der Waals surface area contributed by atoms with E-state index >= 15 is 0 Å². The number of hydrogen-bond donors (Lipinski definition) is 0. The molecule has 25 heavy (non-hydrogen) atoms. The first-order chi connectivity index (χ1) is 12.0. The van der Waals surface area contributed by atoms with Crippen LogP contribution in [-0.4, -0.2) is 26.4 Å². The van der Waals surface area contributed by atoms with Crippen LogP contribution < -0.4 is 4.74 Å². The first-order valence-electron chi connectivity index (χ1n) is 8.40. The second-order valence-electron chi connectivity index (χ2n) is 6.18. The molecule has 3 rings (SSSR count). The number of benzene rings is 2. The topological polar surface area (TPSA) is 46.6 Å². The molecule has 0 fully saturated rings. The van der Waals surface area contributed by atoms with Gasteiger partial charge < -0.3 is 4.74 Å². The Morgan fingerprint density at radius 3 is 2.56 bits per heavy atom. The summed E-state index contributed by atoms with van der Waals surface area (Å²) in [5, 5.41) is 0. The highest BCUT2D eigenvalue weighted by Crippen LogP contribution is 2.27. The number of halogens is 1. The van der Waals surface area contributed by atoms with E-state index in [1.54, 1.807) is 25.1 Å². The van der Waals surface area contributed by atoms with Crippen molar-refractivity contribution in [1.29, 1.82) is 0 Å². The molecule has 1 aliphatic rings. The molecule has 134 valence electrons. The smallest absolute Gasteiger partial charge is 0.243 e. The first kappa shape index (κ1) is 17.9. The highest BCUT2D eigenvalue weighted by atomic mass is 32.2. The third-order valence-corrected chi connectivity index (χ3v) is 6.55. The van der Waals surface area contributed by atoms with Gasteiger partial charge in [-0.1, -0.05) is 19.1 Å². The molecule has 0 bridgehead atoms. The molecule has 0 saturated heterocycles. The zero-order valence-electron chi connectivity index (χ0n) is 14.5. The standard InChI is InChI=1S/C19H22FNO3S/c1-3-21(13-14-7-10-19(24-2)18(20)11-14)25(22,23)17-9-8-15-5-4-6-16(15)12-17/h7-12H,3-6,13H2,1-2H3. The highest BCUT2D eigenvalue weighted by molar-refractivity contribution is 7.89. The van der Waals surface area contributed by atoms with Gasteiger partial charge in [-0.2, -0.15) is 4.31 Å². The number of rotatable bonds is 6. The summed E-state index contributed by atoms with van der Waals surface area (Å²) >= 11 is 0. The van der Waals surface area contributed by atoms with Crippen LogP contribution in [0.4, 0.5) is 4.39 Å². The Morgan fingerprint density at radius 1 is 1.12 bits per heavy atom. The van der Waals surface area contributed by atoms with Crippen LogP contribution in [0.5, 0.6) is 5.75 Å². The van der Waals surface area contributed by atoms with E-state index in [4.69, 9.17) is 4.74 Å². The molecule has 0 aromatic heterocycles. The Balaban J connectivity index is 1.87. The molecule has 0 heterocycles. The number of methoxy groups -OCH3 is 1. The fourth-order valence-electron chi connectivity index (χ4n) is 3.24. The molecule has 4 nitrogen and oxygen atoms in total. The van der Waals surface area contributed by atoms with Gasteiger partial charge in [0.05, 0.1) is 12.0 Å². The molecule has 0 amide bonds. The number of hydrogen-bond acceptors (Lipinski definition) is 3.